The minimum absolute atomic E-state index is 0.00830. The Bertz CT molecular complexity index is 3550. The molecule has 0 radical (unpaired) electrons. The van der Waals surface area contributed by atoms with Gasteiger partial charge in [-0.15, -0.1) is 0 Å². The highest BCUT2D eigenvalue weighted by molar-refractivity contribution is 6.95. The summed E-state index contributed by atoms with van der Waals surface area (Å²) >= 11 is 0. The molecule has 0 bridgehead atoms. The van der Waals surface area contributed by atoms with E-state index in [0.29, 0.717) is 17.8 Å². The third kappa shape index (κ3) is 7.17. The van der Waals surface area contributed by atoms with Gasteiger partial charge in [-0.2, -0.15) is 0 Å². The zero-order chi connectivity index (χ0) is 51.2. The minimum atomic E-state index is -0.218. The van der Waals surface area contributed by atoms with Gasteiger partial charge in [0.05, 0.1) is 6.04 Å². The van der Waals surface area contributed by atoms with E-state index in [4.69, 9.17) is 0 Å². The monoisotopic (exact) mass is 983 g/mol. The summed E-state index contributed by atoms with van der Waals surface area (Å²) in [5.74, 6) is 1.88. The van der Waals surface area contributed by atoms with Gasteiger partial charge in [-0.25, -0.2) is 0 Å². The van der Waals surface area contributed by atoms with Crippen LogP contribution in [0.2, 0.25) is 0 Å². The van der Waals surface area contributed by atoms with Gasteiger partial charge >= 0.3 is 0 Å². The predicted octanol–water partition coefficient (Wildman–Crippen LogP) is 15.3. The third-order valence-electron chi connectivity index (χ3n) is 21.5. The topological polar surface area (TPSA) is 8.17 Å². The molecule has 3 aliphatic heterocycles. The van der Waals surface area contributed by atoms with Crippen LogP contribution in [-0.4, -0.2) is 17.3 Å². The molecule has 1 saturated carbocycles. The molecule has 0 N–H and O–H groups in total. The average molecular weight is 983 g/mol. The van der Waals surface area contributed by atoms with E-state index in [1.54, 1.807) is 22.3 Å². The number of aromatic nitrogens is 1. The highest BCUT2D eigenvalue weighted by Gasteiger charge is 2.54. The van der Waals surface area contributed by atoms with Crippen LogP contribution in [-0.2, 0) is 10.8 Å². The zero-order valence-electron chi connectivity index (χ0n) is 46.4. The molecule has 380 valence electrons. The maximum Gasteiger partial charge on any atom is 0.251 e. The number of rotatable bonds is 9. The smallest absolute Gasteiger partial charge is 0.251 e. The second-order valence-electron chi connectivity index (χ2n) is 26.8. The number of anilines is 1. The van der Waals surface area contributed by atoms with Crippen molar-refractivity contribution in [2.45, 2.75) is 162 Å². The average Bonchev–Trinajstić information content (AvgIpc) is 4.20. The molecule has 1 aromatic heterocycles. The fraction of sp³-hybridized carbons (Fsp3) is 0.417. The molecule has 4 aromatic carbocycles. The first-order chi connectivity index (χ1) is 36.2. The molecule has 1 fully saturated rings. The van der Waals surface area contributed by atoms with Crippen molar-refractivity contribution < 1.29 is 0 Å². The Balaban J connectivity index is 1.07. The maximum absolute atomic E-state index is 2.93. The van der Waals surface area contributed by atoms with E-state index in [2.05, 4.69) is 211 Å². The largest absolute Gasteiger partial charge is 0.334 e. The number of fused-ring (bicyclic) bond motifs is 10. The fourth-order valence-corrected chi connectivity index (χ4v) is 16.5. The van der Waals surface area contributed by atoms with Gasteiger partial charge in [-0.05, 0) is 143 Å². The predicted molar refractivity (Wildman–Crippen MR) is 320 cm³/mol. The van der Waals surface area contributed by atoms with Crippen LogP contribution in [0, 0.1) is 28.6 Å². The second kappa shape index (κ2) is 17.4. The van der Waals surface area contributed by atoms with E-state index >= 15 is 0 Å². The first kappa shape index (κ1) is 47.6. The lowest BCUT2D eigenvalue weighted by molar-refractivity contribution is 0.285. The second-order valence-corrected chi connectivity index (χ2v) is 26.8. The van der Waals surface area contributed by atoms with E-state index < -0.39 is 0 Å². The zero-order valence-corrected chi connectivity index (χ0v) is 46.4. The van der Waals surface area contributed by atoms with E-state index in [0.717, 1.165) is 25.7 Å². The van der Waals surface area contributed by atoms with Gasteiger partial charge in [0, 0.05) is 60.7 Å². The van der Waals surface area contributed by atoms with E-state index in [1.807, 2.05) is 0 Å². The van der Waals surface area contributed by atoms with Crippen molar-refractivity contribution in [1.82, 2.24) is 4.57 Å². The summed E-state index contributed by atoms with van der Waals surface area (Å²) in [5.41, 5.74) is 22.2. The molecule has 4 atom stereocenters. The van der Waals surface area contributed by atoms with Gasteiger partial charge in [0.1, 0.15) is 0 Å². The lowest BCUT2D eigenvalue weighted by atomic mass is 9.32. The molecule has 0 amide bonds. The lowest BCUT2D eigenvalue weighted by Gasteiger charge is -2.47. The van der Waals surface area contributed by atoms with Crippen LogP contribution in [0.5, 0.6) is 0 Å². The standard InChI is InChI=1S/C72H79BN2/c1-69(2,48-26-16-10-17-27-48)52-34-36-62-56(40-52)58-42-54(71(5,6)50-30-20-12-21-31-50)44-60-67(58)74(62)64-38-47(46-24-14-9-15-25-46)39-65-66(64)73(60)61-45-55(72(7,8)51-32-22-13-23-33-51)43-59-57-41-53(35-37-63(57)75(65)68(59)61)70(3,4)49-28-18-11-19-29-49/h10,12-13,16,20-23,26,28,30-33,35-37,39-47,52,57,63H,9,11,14-15,17-19,24-25,27,29,34,38H2,1-8H3. The Kier molecular flexibility index (Phi) is 11.0. The molecule has 75 heavy (non-hydrogen) atoms. The molecule has 5 aromatic rings. The molecular formula is C72H79BN2. The van der Waals surface area contributed by atoms with Crippen LogP contribution in [0.1, 0.15) is 173 Å². The first-order valence-electron chi connectivity index (χ1n) is 29.6. The Labute approximate surface area is 449 Å². The van der Waals surface area contributed by atoms with E-state index in [-0.39, 0.29) is 40.3 Å². The molecule has 14 rings (SSSR count). The van der Waals surface area contributed by atoms with E-state index in [1.165, 1.54) is 135 Å². The van der Waals surface area contributed by atoms with Gasteiger partial charge in [-0.3, -0.25) is 0 Å². The van der Waals surface area contributed by atoms with Gasteiger partial charge < -0.3 is 9.47 Å². The van der Waals surface area contributed by atoms with Crippen molar-refractivity contribution in [3.63, 3.8) is 0 Å². The van der Waals surface area contributed by atoms with Crippen molar-refractivity contribution in [2.75, 3.05) is 4.90 Å². The van der Waals surface area contributed by atoms with Crippen LogP contribution in [0.25, 0.3) is 28.8 Å². The Morgan fingerprint density at radius 1 is 0.640 bits per heavy atom. The van der Waals surface area contributed by atoms with Crippen molar-refractivity contribution in [2.24, 2.45) is 28.6 Å². The van der Waals surface area contributed by atoms with Crippen LogP contribution in [0.15, 0.2) is 161 Å². The van der Waals surface area contributed by atoms with Gasteiger partial charge in [-0.1, -0.05) is 225 Å². The fourth-order valence-electron chi connectivity index (χ4n) is 16.5. The molecule has 4 heterocycles. The number of hydrogen-bond acceptors (Lipinski definition) is 1. The maximum atomic E-state index is 2.93. The normalized spacial score (nSPS) is 24.1. The summed E-state index contributed by atoms with van der Waals surface area (Å²) < 4.78 is 2.89. The first-order valence-corrected chi connectivity index (χ1v) is 29.6. The molecular weight excluding hydrogens is 904 g/mol. The molecule has 6 aliphatic carbocycles. The Morgan fingerprint density at radius 3 is 2.05 bits per heavy atom. The van der Waals surface area contributed by atoms with Gasteiger partial charge in [0.2, 0.25) is 0 Å². The lowest BCUT2D eigenvalue weighted by Crippen LogP contribution is -2.57. The Hall–Kier alpha value is -5.80. The summed E-state index contributed by atoms with van der Waals surface area (Å²) in [6.45, 7) is 20.1. The Morgan fingerprint density at radius 2 is 1.36 bits per heavy atom. The molecule has 4 unspecified atom stereocenters. The molecule has 2 nitrogen and oxygen atoms in total. The highest BCUT2D eigenvalue weighted by Crippen LogP contribution is 2.57. The molecule has 3 heteroatoms. The summed E-state index contributed by atoms with van der Waals surface area (Å²) in [4.78, 5) is 2.93. The SMILES string of the molecule is CC(C)(C1=CC2c3cc(C(C)(C)c4ccccc4)cc4c3N(C3=CC(C5CCCCC5)CC5=C3B4c3cc(C(C)(C)c4ccccc4)cc4c6c(n5c34)=CCC(C(C)(C)C3=CC=CCC3)C=6)C2C=C1)C1=CCCCC1. The van der Waals surface area contributed by atoms with Crippen molar-refractivity contribution in [1.29, 1.82) is 0 Å². The minimum Gasteiger partial charge on any atom is -0.334 e. The molecule has 0 saturated heterocycles. The molecule has 9 aliphatic rings. The quantitative estimate of drug-likeness (QED) is 0.106. The summed E-state index contributed by atoms with van der Waals surface area (Å²) in [6, 6.07) is 33.8. The number of nitrogens with zero attached hydrogens (tertiary/aromatic N) is 2. The summed E-state index contributed by atoms with van der Waals surface area (Å²) in [5, 5.41) is 4.37. The highest BCUT2D eigenvalue weighted by atomic mass is 15.2. The molecule has 0 spiro atoms. The van der Waals surface area contributed by atoms with Crippen LogP contribution in [0.4, 0.5) is 5.69 Å². The summed E-state index contributed by atoms with van der Waals surface area (Å²) in [6.07, 6.45) is 42.3. The van der Waals surface area contributed by atoms with E-state index in [9.17, 15) is 0 Å². The van der Waals surface area contributed by atoms with Gasteiger partial charge in [0.25, 0.3) is 6.71 Å². The number of hydrogen-bond donors (Lipinski definition) is 0. The van der Waals surface area contributed by atoms with Gasteiger partial charge in [0.15, 0.2) is 0 Å². The summed E-state index contributed by atoms with van der Waals surface area (Å²) in [7, 11) is 0. The van der Waals surface area contributed by atoms with Crippen LogP contribution >= 0.6 is 0 Å². The van der Waals surface area contributed by atoms with Crippen molar-refractivity contribution in [3.05, 3.63) is 200 Å². The third-order valence-corrected chi connectivity index (χ3v) is 21.5. The van der Waals surface area contributed by atoms with Crippen LogP contribution < -0.4 is 26.4 Å². The van der Waals surface area contributed by atoms with Crippen LogP contribution in [0.3, 0.4) is 0 Å². The number of allylic oxidation sites excluding steroid dienone is 11. The van der Waals surface area contributed by atoms with Crippen molar-refractivity contribution in [3.8, 4) is 0 Å². The van der Waals surface area contributed by atoms with Crippen molar-refractivity contribution >= 4 is 52.1 Å². The number of benzene rings is 4.